The topological polar surface area (TPSA) is 17.8 Å². The standard InChI is InChI=1S/C11H12BrClN2/c1-7(2)6-15-9-5-3-4-8(12)10(9)11(13)14-15/h3-5,7H,6H2,1-2H3. The van der Waals surface area contributed by atoms with Gasteiger partial charge in [-0.25, -0.2) is 0 Å². The first-order valence-electron chi connectivity index (χ1n) is 4.90. The van der Waals surface area contributed by atoms with Crippen LogP contribution in [-0.2, 0) is 6.54 Å². The second-order valence-corrected chi connectivity index (χ2v) is 5.21. The van der Waals surface area contributed by atoms with Gasteiger partial charge in [-0.1, -0.05) is 31.5 Å². The second kappa shape index (κ2) is 4.14. The van der Waals surface area contributed by atoms with E-state index in [1.165, 1.54) is 0 Å². The number of aromatic nitrogens is 2. The van der Waals surface area contributed by atoms with E-state index >= 15 is 0 Å². The molecular formula is C11H12BrClN2. The molecule has 1 aromatic carbocycles. The van der Waals surface area contributed by atoms with Crippen LogP contribution in [0.5, 0.6) is 0 Å². The van der Waals surface area contributed by atoms with Crippen molar-refractivity contribution in [2.75, 3.05) is 0 Å². The molecule has 15 heavy (non-hydrogen) atoms. The predicted octanol–water partition coefficient (Wildman–Crippen LogP) is 4.11. The van der Waals surface area contributed by atoms with Crippen molar-refractivity contribution in [2.45, 2.75) is 20.4 Å². The van der Waals surface area contributed by atoms with Gasteiger partial charge in [0, 0.05) is 11.0 Å². The highest BCUT2D eigenvalue weighted by molar-refractivity contribution is 9.10. The molecule has 4 heteroatoms. The van der Waals surface area contributed by atoms with E-state index in [4.69, 9.17) is 11.6 Å². The van der Waals surface area contributed by atoms with Gasteiger partial charge in [-0.2, -0.15) is 5.10 Å². The minimum absolute atomic E-state index is 0.558. The lowest BCUT2D eigenvalue weighted by Crippen LogP contribution is -2.05. The molecule has 2 nitrogen and oxygen atoms in total. The van der Waals surface area contributed by atoms with Gasteiger partial charge in [-0.05, 0) is 34.0 Å². The zero-order chi connectivity index (χ0) is 11.0. The van der Waals surface area contributed by atoms with Crippen LogP contribution in [0.15, 0.2) is 22.7 Å². The molecule has 0 aliphatic carbocycles. The highest BCUT2D eigenvalue weighted by atomic mass is 79.9. The zero-order valence-corrected chi connectivity index (χ0v) is 11.0. The Balaban J connectivity index is 2.63. The Morgan fingerprint density at radius 1 is 1.47 bits per heavy atom. The molecule has 0 radical (unpaired) electrons. The first-order chi connectivity index (χ1) is 7.09. The Hall–Kier alpha value is -0.540. The molecule has 0 aliphatic rings. The minimum Gasteiger partial charge on any atom is -0.263 e. The van der Waals surface area contributed by atoms with E-state index in [9.17, 15) is 0 Å². The molecule has 0 atom stereocenters. The van der Waals surface area contributed by atoms with Crippen LogP contribution in [0.3, 0.4) is 0 Å². The molecule has 80 valence electrons. The summed E-state index contributed by atoms with van der Waals surface area (Å²) < 4.78 is 2.97. The highest BCUT2D eigenvalue weighted by Crippen LogP contribution is 2.30. The fraction of sp³-hybridized carbons (Fsp3) is 0.364. The van der Waals surface area contributed by atoms with Crippen molar-refractivity contribution in [3.05, 3.63) is 27.8 Å². The van der Waals surface area contributed by atoms with Crippen LogP contribution in [-0.4, -0.2) is 9.78 Å². The predicted molar refractivity (Wildman–Crippen MR) is 67.3 cm³/mol. The normalized spacial score (nSPS) is 11.5. The Bertz CT molecular complexity index is 491. The number of hydrogen-bond donors (Lipinski definition) is 0. The van der Waals surface area contributed by atoms with Crippen molar-refractivity contribution in [2.24, 2.45) is 5.92 Å². The molecule has 2 aromatic rings. The zero-order valence-electron chi connectivity index (χ0n) is 8.67. The quantitative estimate of drug-likeness (QED) is 0.813. The van der Waals surface area contributed by atoms with Gasteiger partial charge < -0.3 is 0 Å². The minimum atomic E-state index is 0.558. The van der Waals surface area contributed by atoms with Gasteiger partial charge in [-0.15, -0.1) is 0 Å². The summed E-state index contributed by atoms with van der Waals surface area (Å²) in [5.74, 6) is 0.558. The third kappa shape index (κ3) is 2.04. The van der Waals surface area contributed by atoms with Crippen molar-refractivity contribution in [3.8, 4) is 0 Å². The molecule has 2 rings (SSSR count). The maximum atomic E-state index is 6.10. The summed E-state index contributed by atoms with van der Waals surface area (Å²) in [5.41, 5.74) is 1.09. The molecule has 0 spiro atoms. The third-order valence-corrected chi connectivity index (χ3v) is 3.15. The monoisotopic (exact) mass is 286 g/mol. The molecule has 0 amide bonds. The van der Waals surface area contributed by atoms with Gasteiger partial charge in [0.2, 0.25) is 0 Å². The summed E-state index contributed by atoms with van der Waals surface area (Å²) in [6.45, 7) is 5.22. The number of fused-ring (bicyclic) bond motifs is 1. The van der Waals surface area contributed by atoms with Crippen molar-refractivity contribution < 1.29 is 0 Å². The average molecular weight is 288 g/mol. The summed E-state index contributed by atoms with van der Waals surface area (Å²) in [4.78, 5) is 0. The first kappa shape index (κ1) is 11.0. The summed E-state index contributed by atoms with van der Waals surface area (Å²) >= 11 is 9.59. The van der Waals surface area contributed by atoms with Crippen LogP contribution in [0, 0.1) is 5.92 Å². The maximum absolute atomic E-state index is 6.10. The van der Waals surface area contributed by atoms with Crippen molar-refractivity contribution in [3.63, 3.8) is 0 Å². The Morgan fingerprint density at radius 3 is 2.87 bits per heavy atom. The number of halogens is 2. The summed E-state index contributed by atoms with van der Waals surface area (Å²) in [6, 6.07) is 6.03. The van der Waals surface area contributed by atoms with Crippen LogP contribution < -0.4 is 0 Å². The van der Waals surface area contributed by atoms with Crippen LogP contribution >= 0.6 is 27.5 Å². The van der Waals surface area contributed by atoms with Crippen LogP contribution in [0.2, 0.25) is 5.15 Å². The van der Waals surface area contributed by atoms with Crippen molar-refractivity contribution in [1.29, 1.82) is 0 Å². The molecule has 0 aliphatic heterocycles. The average Bonchev–Trinajstić information content (AvgIpc) is 2.44. The lowest BCUT2D eigenvalue weighted by molar-refractivity contribution is 0.495. The second-order valence-electron chi connectivity index (χ2n) is 4.00. The smallest absolute Gasteiger partial charge is 0.160 e. The van der Waals surface area contributed by atoms with Crippen molar-refractivity contribution >= 4 is 38.4 Å². The summed E-state index contributed by atoms with van der Waals surface area (Å²) in [7, 11) is 0. The molecule has 0 bridgehead atoms. The number of hydrogen-bond acceptors (Lipinski definition) is 1. The lowest BCUT2D eigenvalue weighted by atomic mass is 10.2. The van der Waals surface area contributed by atoms with Gasteiger partial charge in [-0.3, -0.25) is 4.68 Å². The number of rotatable bonds is 2. The van der Waals surface area contributed by atoms with Crippen LogP contribution in [0.25, 0.3) is 10.9 Å². The van der Waals surface area contributed by atoms with Gasteiger partial charge in [0.1, 0.15) is 0 Å². The molecule has 0 saturated heterocycles. The lowest BCUT2D eigenvalue weighted by Gasteiger charge is -2.05. The molecule has 0 fully saturated rings. The fourth-order valence-electron chi connectivity index (χ4n) is 1.63. The molecule has 0 saturated carbocycles. The van der Waals surface area contributed by atoms with E-state index < -0.39 is 0 Å². The molecule has 0 unspecified atom stereocenters. The first-order valence-corrected chi connectivity index (χ1v) is 6.07. The van der Waals surface area contributed by atoms with Gasteiger partial charge in [0.05, 0.1) is 10.9 Å². The number of benzene rings is 1. The van der Waals surface area contributed by atoms with E-state index in [0.717, 1.165) is 21.9 Å². The van der Waals surface area contributed by atoms with E-state index in [2.05, 4.69) is 34.9 Å². The largest absolute Gasteiger partial charge is 0.263 e. The Morgan fingerprint density at radius 2 is 2.20 bits per heavy atom. The molecule has 0 N–H and O–H groups in total. The maximum Gasteiger partial charge on any atom is 0.160 e. The third-order valence-electron chi connectivity index (χ3n) is 2.22. The summed E-state index contributed by atoms with van der Waals surface area (Å²) in [5, 5.41) is 5.91. The summed E-state index contributed by atoms with van der Waals surface area (Å²) in [6.07, 6.45) is 0. The number of nitrogens with zero attached hydrogens (tertiary/aromatic N) is 2. The van der Waals surface area contributed by atoms with Gasteiger partial charge in [0.15, 0.2) is 5.15 Å². The Labute approximate surface area is 102 Å². The van der Waals surface area contributed by atoms with Crippen LogP contribution in [0.1, 0.15) is 13.8 Å². The van der Waals surface area contributed by atoms with E-state index in [1.807, 2.05) is 22.9 Å². The molecule has 1 aromatic heterocycles. The molecule has 1 heterocycles. The highest BCUT2D eigenvalue weighted by Gasteiger charge is 2.11. The van der Waals surface area contributed by atoms with Gasteiger partial charge >= 0.3 is 0 Å². The van der Waals surface area contributed by atoms with Crippen LogP contribution in [0.4, 0.5) is 0 Å². The fourth-order valence-corrected chi connectivity index (χ4v) is 2.57. The van der Waals surface area contributed by atoms with E-state index in [1.54, 1.807) is 0 Å². The SMILES string of the molecule is CC(C)Cn1nc(Cl)c2c(Br)cccc21. The van der Waals surface area contributed by atoms with Crippen molar-refractivity contribution in [1.82, 2.24) is 9.78 Å². The van der Waals surface area contributed by atoms with Gasteiger partial charge in [0.25, 0.3) is 0 Å². The van der Waals surface area contributed by atoms with E-state index in [-0.39, 0.29) is 0 Å². The Kier molecular flexibility index (Phi) is 3.03. The van der Waals surface area contributed by atoms with E-state index in [0.29, 0.717) is 11.1 Å². The molecular weight excluding hydrogens is 275 g/mol.